The summed E-state index contributed by atoms with van der Waals surface area (Å²) in [6.07, 6.45) is 0. The molecule has 1 fully saturated rings. The van der Waals surface area contributed by atoms with Gasteiger partial charge in [-0.25, -0.2) is 0 Å². The Labute approximate surface area is 201 Å². The van der Waals surface area contributed by atoms with E-state index in [-0.39, 0.29) is 30.3 Å². The van der Waals surface area contributed by atoms with Gasteiger partial charge in [-0.1, -0.05) is 42.2 Å². The summed E-state index contributed by atoms with van der Waals surface area (Å²) in [5.74, 6) is -0.304. The van der Waals surface area contributed by atoms with Crippen LogP contribution in [-0.4, -0.2) is 46.1 Å². The molecule has 0 bridgehead atoms. The standard InChI is InChI=1S/C24H23N3O4S2/c1-4-31-16-11-9-15(10-12-16)25-19(28)13-26-18-8-6-5-7-17(18)20(22(26)29)21-23(30)27(14(2)3)24(32)33-21/h5-12,14H,4,13H2,1-3H3,(H,25,28)/b21-20-. The van der Waals surface area contributed by atoms with Crippen LogP contribution in [0.2, 0.25) is 0 Å². The molecule has 0 unspecified atom stereocenters. The van der Waals surface area contributed by atoms with Crippen LogP contribution in [0.3, 0.4) is 0 Å². The molecule has 2 aliphatic heterocycles. The molecule has 9 heteroatoms. The minimum absolute atomic E-state index is 0.113. The van der Waals surface area contributed by atoms with Crippen molar-refractivity contribution in [3.05, 3.63) is 59.0 Å². The lowest BCUT2D eigenvalue weighted by atomic mass is 10.1. The molecule has 33 heavy (non-hydrogen) atoms. The van der Waals surface area contributed by atoms with E-state index in [4.69, 9.17) is 17.0 Å². The molecule has 1 saturated heterocycles. The van der Waals surface area contributed by atoms with Crippen LogP contribution < -0.4 is 15.0 Å². The van der Waals surface area contributed by atoms with Crippen molar-refractivity contribution >= 4 is 63.0 Å². The number of thioether (sulfide) groups is 1. The molecule has 0 aliphatic carbocycles. The molecule has 7 nitrogen and oxygen atoms in total. The van der Waals surface area contributed by atoms with Gasteiger partial charge in [0.15, 0.2) is 0 Å². The average molecular weight is 482 g/mol. The van der Waals surface area contributed by atoms with Gasteiger partial charge in [0.05, 0.1) is 22.8 Å². The number of ether oxygens (including phenoxy) is 1. The van der Waals surface area contributed by atoms with Gasteiger partial charge in [-0.15, -0.1) is 0 Å². The van der Waals surface area contributed by atoms with E-state index >= 15 is 0 Å². The van der Waals surface area contributed by atoms with E-state index in [0.717, 1.165) is 11.8 Å². The van der Waals surface area contributed by atoms with Crippen molar-refractivity contribution in [3.8, 4) is 5.75 Å². The molecule has 0 atom stereocenters. The summed E-state index contributed by atoms with van der Waals surface area (Å²) in [4.78, 5) is 42.5. The van der Waals surface area contributed by atoms with E-state index in [1.54, 1.807) is 48.5 Å². The second-order valence-electron chi connectivity index (χ2n) is 7.76. The fraction of sp³-hybridized carbons (Fsp3) is 0.250. The second kappa shape index (κ2) is 9.36. The van der Waals surface area contributed by atoms with Crippen molar-refractivity contribution in [2.45, 2.75) is 26.8 Å². The summed E-state index contributed by atoms with van der Waals surface area (Å²) in [7, 11) is 0. The van der Waals surface area contributed by atoms with Crippen LogP contribution >= 0.6 is 24.0 Å². The maximum atomic E-state index is 13.4. The Morgan fingerprint density at radius 1 is 1.09 bits per heavy atom. The normalized spacial score (nSPS) is 17.8. The number of amides is 3. The van der Waals surface area contributed by atoms with Crippen LogP contribution in [0.4, 0.5) is 11.4 Å². The summed E-state index contributed by atoms with van der Waals surface area (Å²) in [5, 5.41) is 2.81. The lowest BCUT2D eigenvalue weighted by Crippen LogP contribution is -2.36. The zero-order valence-corrected chi connectivity index (χ0v) is 20.1. The van der Waals surface area contributed by atoms with E-state index in [2.05, 4.69) is 5.32 Å². The van der Waals surface area contributed by atoms with Crippen LogP contribution in [0.1, 0.15) is 26.3 Å². The third-order valence-corrected chi connectivity index (χ3v) is 6.62. The van der Waals surface area contributed by atoms with Crippen molar-refractivity contribution in [2.75, 3.05) is 23.4 Å². The SMILES string of the molecule is CCOc1ccc(NC(=O)CN2C(=O)/C(=C3\SC(=S)N(C(C)C)C3=O)c3ccccc32)cc1. The van der Waals surface area contributed by atoms with Crippen LogP contribution in [0.5, 0.6) is 5.75 Å². The first kappa shape index (κ1) is 23.0. The van der Waals surface area contributed by atoms with Crippen LogP contribution in [0.25, 0.3) is 5.57 Å². The van der Waals surface area contributed by atoms with Crippen molar-refractivity contribution in [1.82, 2.24) is 4.90 Å². The number of benzene rings is 2. The molecule has 0 radical (unpaired) electrons. The summed E-state index contributed by atoms with van der Waals surface area (Å²) < 4.78 is 5.84. The molecule has 2 aromatic carbocycles. The maximum Gasteiger partial charge on any atom is 0.267 e. The van der Waals surface area contributed by atoms with E-state index in [1.165, 1.54) is 9.80 Å². The fourth-order valence-corrected chi connectivity index (χ4v) is 5.37. The number of nitrogens with zero attached hydrogens (tertiary/aromatic N) is 2. The first-order valence-corrected chi connectivity index (χ1v) is 11.8. The number of nitrogens with one attached hydrogen (secondary N) is 1. The van der Waals surface area contributed by atoms with Gasteiger partial charge in [-0.05, 0) is 51.1 Å². The Morgan fingerprint density at radius 2 is 1.79 bits per heavy atom. The quantitative estimate of drug-likeness (QED) is 0.495. The van der Waals surface area contributed by atoms with Gasteiger partial charge >= 0.3 is 0 Å². The molecular formula is C24H23N3O4S2. The summed E-state index contributed by atoms with van der Waals surface area (Å²) >= 11 is 6.51. The van der Waals surface area contributed by atoms with Crippen LogP contribution in [0.15, 0.2) is 53.4 Å². The molecule has 0 saturated carbocycles. The fourth-order valence-electron chi connectivity index (χ4n) is 3.78. The Hall–Kier alpha value is -3.17. The van der Waals surface area contributed by atoms with E-state index < -0.39 is 0 Å². The van der Waals surface area contributed by atoms with Gasteiger partial charge in [0.2, 0.25) is 5.91 Å². The molecule has 2 heterocycles. The third kappa shape index (κ3) is 4.38. The third-order valence-electron chi connectivity index (χ3n) is 5.22. The van der Waals surface area contributed by atoms with Crippen LogP contribution in [0, 0.1) is 0 Å². The molecule has 1 N–H and O–H groups in total. The monoisotopic (exact) mass is 481 g/mol. The average Bonchev–Trinajstić information content (AvgIpc) is 3.22. The first-order valence-electron chi connectivity index (χ1n) is 10.6. The largest absolute Gasteiger partial charge is 0.494 e. The maximum absolute atomic E-state index is 13.4. The van der Waals surface area contributed by atoms with Gasteiger partial charge < -0.3 is 10.1 Å². The molecule has 0 aromatic heterocycles. The molecule has 0 spiro atoms. The highest BCUT2D eigenvalue weighted by Crippen LogP contribution is 2.44. The minimum Gasteiger partial charge on any atom is -0.494 e. The number of anilines is 2. The Morgan fingerprint density at radius 3 is 2.42 bits per heavy atom. The van der Waals surface area contributed by atoms with Crippen molar-refractivity contribution in [1.29, 1.82) is 0 Å². The topological polar surface area (TPSA) is 79.0 Å². The number of hydrogen-bond donors (Lipinski definition) is 1. The zero-order chi connectivity index (χ0) is 23.7. The zero-order valence-electron chi connectivity index (χ0n) is 18.5. The van der Waals surface area contributed by atoms with Crippen LogP contribution in [-0.2, 0) is 14.4 Å². The number of thiocarbonyl (C=S) groups is 1. The van der Waals surface area contributed by atoms with Gasteiger partial charge in [-0.3, -0.25) is 24.2 Å². The molecule has 3 amide bonds. The lowest BCUT2D eigenvalue weighted by Gasteiger charge is -2.18. The number of hydrogen-bond acceptors (Lipinski definition) is 6. The van der Waals surface area contributed by atoms with E-state index in [1.807, 2.05) is 20.8 Å². The number of rotatable bonds is 6. The summed E-state index contributed by atoms with van der Waals surface area (Å²) in [6.45, 7) is 6.02. The molecule has 2 aromatic rings. The van der Waals surface area contributed by atoms with Crippen molar-refractivity contribution < 1.29 is 19.1 Å². The molecular weight excluding hydrogens is 458 g/mol. The van der Waals surface area contributed by atoms with E-state index in [9.17, 15) is 14.4 Å². The van der Waals surface area contributed by atoms with Gasteiger partial charge in [0.1, 0.15) is 16.6 Å². The summed E-state index contributed by atoms with van der Waals surface area (Å²) in [5.41, 5.74) is 2.11. The molecule has 2 aliphatic rings. The van der Waals surface area contributed by atoms with Gasteiger partial charge in [0.25, 0.3) is 11.8 Å². The van der Waals surface area contributed by atoms with E-state index in [0.29, 0.717) is 44.1 Å². The smallest absolute Gasteiger partial charge is 0.267 e. The number of para-hydroxylation sites is 1. The number of fused-ring (bicyclic) bond motifs is 1. The predicted molar refractivity (Wildman–Crippen MR) is 134 cm³/mol. The highest BCUT2D eigenvalue weighted by Gasteiger charge is 2.43. The highest BCUT2D eigenvalue weighted by atomic mass is 32.2. The minimum atomic E-state index is -0.387. The van der Waals surface area contributed by atoms with Crippen molar-refractivity contribution in [3.63, 3.8) is 0 Å². The lowest BCUT2D eigenvalue weighted by molar-refractivity contribution is -0.123. The second-order valence-corrected chi connectivity index (χ2v) is 9.40. The van der Waals surface area contributed by atoms with Gasteiger partial charge in [0, 0.05) is 17.3 Å². The first-order chi connectivity index (χ1) is 15.8. The Kier molecular flexibility index (Phi) is 6.53. The number of carbonyl (C=O) groups is 3. The summed E-state index contributed by atoms with van der Waals surface area (Å²) in [6, 6.07) is 14.1. The predicted octanol–water partition coefficient (Wildman–Crippen LogP) is 4.05. The van der Waals surface area contributed by atoms with Crippen molar-refractivity contribution in [2.24, 2.45) is 0 Å². The molecule has 170 valence electrons. The number of carbonyl (C=O) groups excluding carboxylic acids is 3. The van der Waals surface area contributed by atoms with Gasteiger partial charge in [-0.2, -0.15) is 0 Å². The molecule has 4 rings (SSSR count). The highest BCUT2D eigenvalue weighted by molar-refractivity contribution is 8.26. The Bertz CT molecular complexity index is 1170. The Balaban J connectivity index is 1.59.